The van der Waals surface area contributed by atoms with Crippen LogP contribution in [0, 0.1) is 5.92 Å². The molecule has 10 heteroatoms. The van der Waals surface area contributed by atoms with Crippen molar-refractivity contribution in [1.82, 2.24) is 14.9 Å². The Morgan fingerprint density at radius 3 is 2.77 bits per heavy atom. The van der Waals surface area contributed by atoms with Gasteiger partial charge in [-0.15, -0.1) is 0 Å². The van der Waals surface area contributed by atoms with E-state index in [1.807, 2.05) is 0 Å². The second-order valence-electron chi connectivity index (χ2n) is 10.1. The molecule has 190 valence electrons. The number of aromatic amines is 1. The van der Waals surface area contributed by atoms with Gasteiger partial charge in [0, 0.05) is 31.3 Å². The average molecular weight is 491 g/mol. The number of hydrogen-bond acceptors (Lipinski definition) is 6. The van der Waals surface area contributed by atoms with Gasteiger partial charge in [0.05, 0.1) is 30.4 Å². The maximum atomic E-state index is 14.9. The predicted octanol–water partition coefficient (Wildman–Crippen LogP) is 3.24. The normalized spacial score (nSPS) is 21.4. The molecule has 2 aliphatic rings. The number of rotatable bonds is 8. The fraction of sp³-hybridized carbons (Fsp3) is 0.560. The van der Waals surface area contributed by atoms with E-state index < -0.39 is 35.5 Å². The van der Waals surface area contributed by atoms with Crippen LogP contribution in [0.1, 0.15) is 57.1 Å². The Morgan fingerprint density at radius 2 is 2.14 bits per heavy atom. The number of anilines is 1. The standard InChI is InChI=1S/C25H32F2N4O4/c1-15(22(32)30-21-7-6-18(12-28-21)35-14-16-4-5-16)31-9-8-25(26,27)20(13-31)17-10-19(24(2,3)34)23(33)29-11-17/h6-7,10-12,15-16,20,34H,4-5,8-9,13-14H2,1-3H3,(H,29,33)(H,28,30,32)/t15-,20+/m0/s1. The first-order valence-electron chi connectivity index (χ1n) is 11.9. The van der Waals surface area contributed by atoms with Crippen molar-refractivity contribution < 1.29 is 23.4 Å². The van der Waals surface area contributed by atoms with Crippen molar-refractivity contribution in [2.24, 2.45) is 5.92 Å². The monoisotopic (exact) mass is 490 g/mol. The van der Waals surface area contributed by atoms with Crippen molar-refractivity contribution in [3.05, 3.63) is 52.1 Å². The topological polar surface area (TPSA) is 108 Å². The van der Waals surface area contributed by atoms with E-state index >= 15 is 0 Å². The SMILES string of the molecule is C[C@@H](C(=O)Nc1ccc(OCC2CC2)cn1)N1CCC(F)(F)[C@@H](c2c[nH]c(=O)c(C(C)(C)O)c2)C1. The molecule has 2 aromatic heterocycles. The van der Waals surface area contributed by atoms with E-state index in [4.69, 9.17) is 4.74 Å². The number of amides is 1. The van der Waals surface area contributed by atoms with Crippen LogP contribution in [0.3, 0.4) is 0 Å². The van der Waals surface area contributed by atoms with Crippen molar-refractivity contribution in [2.45, 2.75) is 63.5 Å². The minimum absolute atomic E-state index is 0.0179. The summed E-state index contributed by atoms with van der Waals surface area (Å²) in [6.45, 7) is 5.15. The first kappa shape index (κ1) is 25.2. The number of ether oxygens (including phenoxy) is 1. The molecular formula is C25H32F2N4O4. The number of nitrogens with zero attached hydrogens (tertiary/aromatic N) is 2. The summed E-state index contributed by atoms with van der Waals surface area (Å²) in [6, 6.07) is 4.04. The number of nitrogens with one attached hydrogen (secondary N) is 2. The molecule has 3 heterocycles. The quantitative estimate of drug-likeness (QED) is 0.525. The number of alkyl halides is 2. The van der Waals surface area contributed by atoms with E-state index in [1.165, 1.54) is 39.0 Å². The first-order chi connectivity index (χ1) is 16.4. The molecule has 0 unspecified atom stereocenters. The van der Waals surface area contributed by atoms with Crippen LogP contribution in [-0.2, 0) is 10.4 Å². The number of aromatic nitrogens is 2. The fourth-order valence-electron chi connectivity index (χ4n) is 4.22. The number of carbonyl (C=O) groups excluding carboxylic acids is 1. The second kappa shape index (κ2) is 9.66. The van der Waals surface area contributed by atoms with Gasteiger partial charge >= 0.3 is 0 Å². The van der Waals surface area contributed by atoms with Crippen LogP contribution in [0.2, 0.25) is 0 Å². The van der Waals surface area contributed by atoms with Crippen molar-refractivity contribution >= 4 is 11.7 Å². The largest absolute Gasteiger partial charge is 0.492 e. The summed E-state index contributed by atoms with van der Waals surface area (Å²) < 4.78 is 35.5. The van der Waals surface area contributed by atoms with Crippen molar-refractivity contribution in [2.75, 3.05) is 25.0 Å². The van der Waals surface area contributed by atoms with E-state index in [9.17, 15) is 23.5 Å². The Labute approximate surface area is 202 Å². The minimum Gasteiger partial charge on any atom is -0.492 e. The van der Waals surface area contributed by atoms with Crippen LogP contribution in [0.15, 0.2) is 35.4 Å². The molecule has 0 radical (unpaired) electrons. The van der Waals surface area contributed by atoms with Gasteiger partial charge in [-0.25, -0.2) is 13.8 Å². The third-order valence-electron chi connectivity index (χ3n) is 6.74. The number of hydrogen-bond donors (Lipinski definition) is 3. The molecule has 2 aromatic rings. The van der Waals surface area contributed by atoms with Gasteiger partial charge in [-0.1, -0.05) is 0 Å². The highest BCUT2D eigenvalue weighted by Gasteiger charge is 2.46. The fourth-order valence-corrected chi connectivity index (χ4v) is 4.22. The molecule has 1 saturated carbocycles. The van der Waals surface area contributed by atoms with Crippen molar-refractivity contribution in [1.29, 1.82) is 0 Å². The lowest BCUT2D eigenvalue weighted by atomic mass is 9.85. The zero-order valence-electron chi connectivity index (χ0n) is 20.2. The van der Waals surface area contributed by atoms with Gasteiger partial charge in [0.1, 0.15) is 11.6 Å². The average Bonchev–Trinajstić information content (AvgIpc) is 3.62. The number of likely N-dealkylation sites (tertiary alicyclic amines) is 1. The lowest BCUT2D eigenvalue weighted by molar-refractivity contribution is -0.125. The van der Waals surface area contributed by atoms with Crippen LogP contribution < -0.4 is 15.6 Å². The maximum absolute atomic E-state index is 14.9. The van der Waals surface area contributed by atoms with E-state index in [0.29, 0.717) is 24.1 Å². The molecule has 1 aliphatic carbocycles. The van der Waals surface area contributed by atoms with Gasteiger partial charge in [0.15, 0.2) is 0 Å². The Morgan fingerprint density at radius 1 is 1.40 bits per heavy atom. The Hall–Kier alpha value is -2.85. The van der Waals surface area contributed by atoms with Crippen LogP contribution in [0.4, 0.5) is 14.6 Å². The summed E-state index contributed by atoms with van der Waals surface area (Å²) in [4.78, 5) is 33.3. The second-order valence-corrected chi connectivity index (χ2v) is 10.1. The zero-order chi connectivity index (χ0) is 25.4. The molecule has 8 nitrogen and oxygen atoms in total. The maximum Gasteiger partial charge on any atom is 0.257 e. The summed E-state index contributed by atoms with van der Waals surface area (Å²) in [5, 5.41) is 13.0. The van der Waals surface area contributed by atoms with Gasteiger partial charge < -0.3 is 20.1 Å². The van der Waals surface area contributed by atoms with Crippen LogP contribution in [-0.4, -0.2) is 57.5 Å². The highest BCUT2D eigenvalue weighted by atomic mass is 19.3. The van der Waals surface area contributed by atoms with E-state index in [1.54, 1.807) is 30.2 Å². The number of piperidine rings is 1. The molecule has 1 aliphatic heterocycles. The number of aliphatic hydroxyl groups is 1. The van der Waals surface area contributed by atoms with Crippen LogP contribution in [0.25, 0.3) is 0 Å². The molecule has 2 fully saturated rings. The molecule has 1 amide bonds. The van der Waals surface area contributed by atoms with Gasteiger partial charge in [-0.05, 0) is 63.3 Å². The molecule has 35 heavy (non-hydrogen) atoms. The molecule has 0 aromatic carbocycles. The highest BCUT2D eigenvalue weighted by molar-refractivity contribution is 5.93. The van der Waals surface area contributed by atoms with Crippen LogP contribution >= 0.6 is 0 Å². The molecule has 3 N–H and O–H groups in total. The number of halogens is 2. The Kier molecular flexibility index (Phi) is 6.97. The molecule has 0 bridgehead atoms. The Balaban J connectivity index is 1.43. The van der Waals surface area contributed by atoms with Crippen LogP contribution in [0.5, 0.6) is 5.75 Å². The van der Waals surface area contributed by atoms with Crippen molar-refractivity contribution in [3.63, 3.8) is 0 Å². The minimum atomic E-state index is -3.03. The zero-order valence-corrected chi connectivity index (χ0v) is 20.2. The molecule has 4 rings (SSSR count). The Bertz CT molecular complexity index is 1110. The van der Waals surface area contributed by atoms with Gasteiger partial charge in [-0.2, -0.15) is 0 Å². The lowest BCUT2D eigenvalue weighted by Crippen LogP contribution is -2.52. The predicted molar refractivity (Wildman–Crippen MR) is 127 cm³/mol. The van der Waals surface area contributed by atoms with E-state index in [2.05, 4.69) is 15.3 Å². The van der Waals surface area contributed by atoms with E-state index in [0.717, 1.165) is 0 Å². The summed E-state index contributed by atoms with van der Waals surface area (Å²) in [5.41, 5.74) is -1.77. The molecule has 2 atom stereocenters. The summed E-state index contributed by atoms with van der Waals surface area (Å²) in [7, 11) is 0. The van der Waals surface area contributed by atoms with Gasteiger partial charge in [-0.3, -0.25) is 14.5 Å². The summed E-state index contributed by atoms with van der Waals surface area (Å²) >= 11 is 0. The van der Waals surface area contributed by atoms with Crippen molar-refractivity contribution in [3.8, 4) is 5.75 Å². The number of H-pyrrole nitrogens is 1. The third kappa shape index (κ3) is 6.05. The van der Waals surface area contributed by atoms with Gasteiger partial charge in [0.2, 0.25) is 5.91 Å². The highest BCUT2D eigenvalue weighted by Crippen LogP contribution is 2.41. The summed E-state index contributed by atoms with van der Waals surface area (Å²) in [6.07, 6.45) is 4.76. The third-order valence-corrected chi connectivity index (χ3v) is 6.74. The molecular weight excluding hydrogens is 458 g/mol. The number of carbonyl (C=O) groups is 1. The molecule has 0 spiro atoms. The summed E-state index contributed by atoms with van der Waals surface area (Å²) in [5.74, 6) is -3.02. The lowest BCUT2D eigenvalue weighted by Gasteiger charge is -2.41. The van der Waals surface area contributed by atoms with Gasteiger partial charge in [0.25, 0.3) is 11.5 Å². The number of pyridine rings is 2. The van der Waals surface area contributed by atoms with E-state index in [-0.39, 0.29) is 30.1 Å². The smallest absolute Gasteiger partial charge is 0.257 e. The first-order valence-corrected chi connectivity index (χ1v) is 11.9. The molecule has 1 saturated heterocycles.